The first-order valence-corrected chi connectivity index (χ1v) is 6.33. The van der Waals surface area contributed by atoms with Gasteiger partial charge in [0.2, 0.25) is 0 Å². The van der Waals surface area contributed by atoms with Crippen molar-refractivity contribution in [2.45, 2.75) is 38.8 Å². The predicted molar refractivity (Wildman–Crippen MR) is 63.0 cm³/mol. The zero-order valence-electron chi connectivity index (χ0n) is 10.7. The van der Waals surface area contributed by atoms with Crippen LogP contribution in [0.1, 0.15) is 32.6 Å². The summed E-state index contributed by atoms with van der Waals surface area (Å²) in [5.41, 5.74) is 0.190. The first-order chi connectivity index (χ1) is 7.87. The van der Waals surface area contributed by atoms with E-state index in [4.69, 9.17) is 0 Å². The van der Waals surface area contributed by atoms with Crippen molar-refractivity contribution in [2.24, 2.45) is 5.41 Å². The van der Waals surface area contributed by atoms with Gasteiger partial charge in [-0.1, -0.05) is 13.3 Å². The Labute approximate surface area is 102 Å². The molecule has 0 bridgehead atoms. The van der Waals surface area contributed by atoms with Crippen LogP contribution in [0.15, 0.2) is 0 Å². The highest BCUT2D eigenvalue weighted by Crippen LogP contribution is 2.32. The Hall–Kier alpha value is -0.290. The van der Waals surface area contributed by atoms with Crippen LogP contribution in [0.5, 0.6) is 0 Å². The molecule has 1 heterocycles. The molecule has 0 aromatic rings. The summed E-state index contributed by atoms with van der Waals surface area (Å²) in [6, 6.07) is 0. The maximum Gasteiger partial charge on any atom is 0.390 e. The molecule has 1 rings (SSSR count). The van der Waals surface area contributed by atoms with E-state index in [1.54, 1.807) is 7.05 Å². The lowest BCUT2D eigenvalue weighted by atomic mass is 9.82. The fourth-order valence-corrected chi connectivity index (χ4v) is 2.72. The molecular formula is C12H23F3N2. The zero-order valence-corrected chi connectivity index (χ0v) is 10.7. The van der Waals surface area contributed by atoms with E-state index in [1.807, 2.05) is 4.90 Å². The molecule has 5 heteroatoms. The molecule has 0 spiro atoms. The topological polar surface area (TPSA) is 15.3 Å². The normalized spacial score (nSPS) is 25.8. The van der Waals surface area contributed by atoms with E-state index in [2.05, 4.69) is 12.2 Å². The highest BCUT2D eigenvalue weighted by Gasteiger charge is 2.35. The van der Waals surface area contributed by atoms with Gasteiger partial charge in [-0.05, 0) is 31.8 Å². The molecule has 0 radical (unpaired) electrons. The molecule has 0 aromatic carbocycles. The lowest BCUT2D eigenvalue weighted by molar-refractivity contribution is -0.138. The molecule has 0 aliphatic carbocycles. The molecular weight excluding hydrogens is 229 g/mol. The molecule has 1 saturated heterocycles. The SMILES string of the molecule is CCCC1(CN(C)CCC(F)(F)F)CCNC1. The van der Waals surface area contributed by atoms with Crippen molar-refractivity contribution in [3.05, 3.63) is 0 Å². The molecule has 1 unspecified atom stereocenters. The van der Waals surface area contributed by atoms with Crippen LogP contribution >= 0.6 is 0 Å². The van der Waals surface area contributed by atoms with Crippen LogP contribution in [0.2, 0.25) is 0 Å². The fourth-order valence-electron chi connectivity index (χ4n) is 2.72. The molecule has 1 atom stereocenters. The molecule has 1 N–H and O–H groups in total. The maximum atomic E-state index is 12.1. The second-order valence-corrected chi connectivity index (χ2v) is 5.28. The van der Waals surface area contributed by atoms with Gasteiger partial charge in [-0.2, -0.15) is 13.2 Å². The molecule has 1 fully saturated rings. The van der Waals surface area contributed by atoms with E-state index in [-0.39, 0.29) is 12.0 Å². The summed E-state index contributed by atoms with van der Waals surface area (Å²) in [5.74, 6) is 0. The summed E-state index contributed by atoms with van der Waals surface area (Å²) < 4.78 is 36.4. The molecule has 1 aliphatic rings. The number of hydrogen-bond donors (Lipinski definition) is 1. The maximum absolute atomic E-state index is 12.1. The number of nitrogens with zero attached hydrogens (tertiary/aromatic N) is 1. The first kappa shape index (κ1) is 14.8. The van der Waals surface area contributed by atoms with Gasteiger partial charge in [0.25, 0.3) is 0 Å². The molecule has 17 heavy (non-hydrogen) atoms. The highest BCUT2D eigenvalue weighted by molar-refractivity contribution is 4.89. The third-order valence-electron chi connectivity index (χ3n) is 3.49. The van der Waals surface area contributed by atoms with Gasteiger partial charge in [-0.3, -0.25) is 0 Å². The Morgan fingerprint density at radius 1 is 1.35 bits per heavy atom. The van der Waals surface area contributed by atoms with Crippen LogP contribution in [-0.2, 0) is 0 Å². The molecule has 2 nitrogen and oxygen atoms in total. The monoisotopic (exact) mass is 252 g/mol. The van der Waals surface area contributed by atoms with Crippen molar-refractivity contribution in [1.29, 1.82) is 0 Å². The summed E-state index contributed by atoms with van der Waals surface area (Å²) in [5, 5.41) is 3.33. The summed E-state index contributed by atoms with van der Waals surface area (Å²) >= 11 is 0. The summed E-state index contributed by atoms with van der Waals surface area (Å²) in [6.07, 6.45) is -1.48. The van der Waals surface area contributed by atoms with Crippen molar-refractivity contribution in [2.75, 3.05) is 33.2 Å². The molecule has 0 saturated carbocycles. The summed E-state index contributed by atoms with van der Waals surface area (Å²) in [4.78, 5) is 1.83. The minimum absolute atomic E-state index is 0.106. The second-order valence-electron chi connectivity index (χ2n) is 5.28. The smallest absolute Gasteiger partial charge is 0.316 e. The van der Waals surface area contributed by atoms with Crippen molar-refractivity contribution >= 4 is 0 Å². The van der Waals surface area contributed by atoms with Crippen LogP contribution in [0.4, 0.5) is 13.2 Å². The Balaban J connectivity index is 2.39. The van der Waals surface area contributed by atoms with Gasteiger partial charge in [0.15, 0.2) is 0 Å². The largest absolute Gasteiger partial charge is 0.390 e. The van der Waals surface area contributed by atoms with E-state index < -0.39 is 12.6 Å². The number of hydrogen-bond acceptors (Lipinski definition) is 2. The third-order valence-corrected chi connectivity index (χ3v) is 3.49. The first-order valence-electron chi connectivity index (χ1n) is 6.33. The van der Waals surface area contributed by atoms with Gasteiger partial charge in [0.1, 0.15) is 0 Å². The van der Waals surface area contributed by atoms with Crippen LogP contribution in [0, 0.1) is 5.41 Å². The van der Waals surface area contributed by atoms with Crippen LogP contribution in [0.3, 0.4) is 0 Å². The van der Waals surface area contributed by atoms with Gasteiger partial charge < -0.3 is 10.2 Å². The van der Waals surface area contributed by atoms with E-state index in [1.165, 1.54) is 0 Å². The second kappa shape index (κ2) is 6.05. The Morgan fingerprint density at radius 3 is 2.53 bits per heavy atom. The number of rotatable bonds is 6. The van der Waals surface area contributed by atoms with E-state index in [0.717, 1.165) is 38.9 Å². The molecule has 1 aliphatic heterocycles. The van der Waals surface area contributed by atoms with Crippen LogP contribution < -0.4 is 5.32 Å². The van der Waals surface area contributed by atoms with Gasteiger partial charge in [-0.25, -0.2) is 0 Å². The fraction of sp³-hybridized carbons (Fsp3) is 1.00. The van der Waals surface area contributed by atoms with Gasteiger partial charge in [0.05, 0.1) is 6.42 Å². The molecule has 0 aromatic heterocycles. The van der Waals surface area contributed by atoms with Gasteiger partial charge in [0, 0.05) is 19.6 Å². The summed E-state index contributed by atoms with van der Waals surface area (Å²) in [7, 11) is 1.79. The van der Waals surface area contributed by atoms with Crippen molar-refractivity contribution in [1.82, 2.24) is 10.2 Å². The minimum atomic E-state index is -4.04. The number of halogens is 3. The highest BCUT2D eigenvalue weighted by atomic mass is 19.4. The van der Waals surface area contributed by atoms with Crippen molar-refractivity contribution in [3.63, 3.8) is 0 Å². The van der Waals surface area contributed by atoms with Gasteiger partial charge in [-0.15, -0.1) is 0 Å². The Bertz CT molecular complexity index is 222. The predicted octanol–water partition coefficient (Wildman–Crippen LogP) is 2.65. The average Bonchev–Trinajstić information content (AvgIpc) is 2.63. The van der Waals surface area contributed by atoms with Crippen LogP contribution in [0.25, 0.3) is 0 Å². The van der Waals surface area contributed by atoms with Crippen molar-refractivity contribution < 1.29 is 13.2 Å². The minimum Gasteiger partial charge on any atom is -0.316 e. The standard InChI is InChI=1S/C12H23F3N2/c1-3-4-11(5-7-16-9-11)10-17(2)8-6-12(13,14)15/h16H,3-10H2,1-2H3. The molecule has 0 amide bonds. The number of alkyl halides is 3. The lowest BCUT2D eigenvalue weighted by Crippen LogP contribution is -2.38. The lowest BCUT2D eigenvalue weighted by Gasteiger charge is -2.33. The quantitative estimate of drug-likeness (QED) is 0.782. The van der Waals surface area contributed by atoms with E-state index in [0.29, 0.717) is 0 Å². The van der Waals surface area contributed by atoms with Crippen molar-refractivity contribution in [3.8, 4) is 0 Å². The van der Waals surface area contributed by atoms with E-state index in [9.17, 15) is 13.2 Å². The molecule has 102 valence electrons. The average molecular weight is 252 g/mol. The summed E-state index contributed by atoms with van der Waals surface area (Å²) in [6.45, 7) is 4.94. The van der Waals surface area contributed by atoms with Gasteiger partial charge >= 0.3 is 6.18 Å². The Kier molecular flexibility index (Phi) is 5.25. The zero-order chi connectivity index (χ0) is 12.9. The van der Waals surface area contributed by atoms with Crippen LogP contribution in [-0.4, -0.2) is 44.3 Å². The van der Waals surface area contributed by atoms with E-state index >= 15 is 0 Å². The third kappa shape index (κ3) is 5.25. The number of nitrogens with one attached hydrogen (secondary N) is 1. The Morgan fingerprint density at radius 2 is 2.06 bits per heavy atom.